The molecule has 0 aliphatic heterocycles. The Kier molecular flexibility index (Phi) is 4.50. The number of benzene rings is 1. The fraction of sp³-hybridized carbons (Fsp3) is 0.111. The van der Waals surface area contributed by atoms with Crippen LogP contribution in [0.5, 0.6) is 0 Å². The topological polar surface area (TPSA) is 55.1 Å². The second-order valence-corrected chi connectivity index (χ2v) is 4.66. The van der Waals surface area contributed by atoms with Crippen molar-refractivity contribution in [3.63, 3.8) is 0 Å². The van der Waals surface area contributed by atoms with Crippen molar-refractivity contribution in [1.82, 2.24) is 0 Å². The molecule has 0 fully saturated rings. The molecule has 0 aromatic heterocycles. The number of carbonyl (C=O) groups excluding carboxylic acids is 1. The number of hydrogen-bond donors (Lipinski definition) is 2. The van der Waals surface area contributed by atoms with Gasteiger partial charge in [-0.2, -0.15) is 0 Å². The van der Waals surface area contributed by atoms with Gasteiger partial charge in [0.25, 0.3) is 0 Å². The number of nitrogens with two attached hydrogens (primary N) is 1. The van der Waals surface area contributed by atoms with Crippen LogP contribution < -0.4 is 11.1 Å². The Morgan fingerprint density at radius 2 is 2.27 bits per heavy atom. The molecule has 1 aromatic rings. The predicted octanol–water partition coefficient (Wildman–Crippen LogP) is 2.72. The molecule has 0 aliphatic carbocycles. The Balaban J connectivity index is 2.76. The SMILES string of the molecule is NC(=S)CC(=O)Nc1cc(Br)ccc1Cl. The van der Waals surface area contributed by atoms with Gasteiger partial charge in [-0.05, 0) is 18.2 Å². The van der Waals surface area contributed by atoms with Gasteiger partial charge in [0.1, 0.15) is 0 Å². The third-order valence-corrected chi connectivity index (χ3v) is 2.50. The summed E-state index contributed by atoms with van der Waals surface area (Å²) in [6.07, 6.45) is 0.0121. The largest absolute Gasteiger partial charge is 0.393 e. The highest BCUT2D eigenvalue weighted by Gasteiger charge is 2.07. The molecule has 3 N–H and O–H groups in total. The van der Waals surface area contributed by atoms with Gasteiger partial charge in [-0.25, -0.2) is 0 Å². The Hall–Kier alpha value is -0.650. The summed E-state index contributed by atoms with van der Waals surface area (Å²) in [6, 6.07) is 5.17. The van der Waals surface area contributed by atoms with E-state index in [4.69, 9.17) is 17.3 Å². The first kappa shape index (κ1) is 12.4. The molecule has 15 heavy (non-hydrogen) atoms. The second-order valence-electron chi connectivity index (χ2n) is 2.82. The van der Waals surface area contributed by atoms with E-state index in [2.05, 4.69) is 33.5 Å². The summed E-state index contributed by atoms with van der Waals surface area (Å²) >= 11 is 13.8. The van der Waals surface area contributed by atoms with Crippen LogP contribution in [-0.4, -0.2) is 10.9 Å². The monoisotopic (exact) mass is 306 g/mol. The fourth-order valence-electron chi connectivity index (χ4n) is 0.946. The van der Waals surface area contributed by atoms with E-state index < -0.39 is 0 Å². The second kappa shape index (κ2) is 5.44. The third-order valence-electron chi connectivity index (χ3n) is 1.54. The summed E-state index contributed by atoms with van der Waals surface area (Å²) in [4.78, 5) is 11.5. The van der Waals surface area contributed by atoms with Crippen LogP contribution in [0.25, 0.3) is 0 Å². The van der Waals surface area contributed by atoms with Gasteiger partial charge in [-0.3, -0.25) is 4.79 Å². The molecule has 0 heterocycles. The van der Waals surface area contributed by atoms with Gasteiger partial charge >= 0.3 is 0 Å². The summed E-state index contributed by atoms with van der Waals surface area (Å²) < 4.78 is 0.831. The average Bonchev–Trinajstić information content (AvgIpc) is 2.10. The first-order valence-corrected chi connectivity index (χ1v) is 5.60. The van der Waals surface area contributed by atoms with E-state index in [-0.39, 0.29) is 17.3 Å². The van der Waals surface area contributed by atoms with E-state index in [1.807, 2.05) is 0 Å². The van der Waals surface area contributed by atoms with Crippen LogP contribution in [0.15, 0.2) is 22.7 Å². The van der Waals surface area contributed by atoms with E-state index in [0.717, 1.165) is 4.47 Å². The third kappa shape index (κ3) is 4.15. The van der Waals surface area contributed by atoms with Crippen LogP contribution >= 0.6 is 39.7 Å². The van der Waals surface area contributed by atoms with Gasteiger partial charge in [0.05, 0.1) is 22.1 Å². The van der Waals surface area contributed by atoms with Gasteiger partial charge < -0.3 is 11.1 Å². The minimum atomic E-state index is -0.275. The average molecular weight is 308 g/mol. The van der Waals surface area contributed by atoms with E-state index in [1.54, 1.807) is 18.2 Å². The lowest BCUT2D eigenvalue weighted by atomic mass is 10.3. The quantitative estimate of drug-likeness (QED) is 0.844. The maximum absolute atomic E-state index is 11.3. The number of amides is 1. The van der Waals surface area contributed by atoms with Crippen LogP contribution in [-0.2, 0) is 4.79 Å². The fourth-order valence-corrected chi connectivity index (χ4v) is 1.60. The zero-order valence-electron chi connectivity index (χ0n) is 7.59. The summed E-state index contributed by atoms with van der Waals surface area (Å²) in [5.74, 6) is -0.275. The smallest absolute Gasteiger partial charge is 0.231 e. The van der Waals surface area contributed by atoms with E-state index in [0.29, 0.717) is 10.7 Å². The molecule has 80 valence electrons. The molecule has 0 radical (unpaired) electrons. The summed E-state index contributed by atoms with van der Waals surface area (Å²) in [5.41, 5.74) is 5.78. The van der Waals surface area contributed by atoms with Crippen molar-refractivity contribution < 1.29 is 4.79 Å². The molecule has 0 aliphatic rings. The number of rotatable bonds is 3. The van der Waals surface area contributed by atoms with Crippen LogP contribution in [0.2, 0.25) is 5.02 Å². The highest BCUT2D eigenvalue weighted by molar-refractivity contribution is 9.10. The molecular formula is C9H8BrClN2OS. The number of carbonyl (C=O) groups is 1. The number of hydrogen-bond acceptors (Lipinski definition) is 2. The lowest BCUT2D eigenvalue weighted by Crippen LogP contribution is -2.20. The van der Waals surface area contributed by atoms with E-state index >= 15 is 0 Å². The summed E-state index contributed by atoms with van der Waals surface area (Å²) in [5, 5.41) is 3.08. The van der Waals surface area contributed by atoms with Crippen molar-refractivity contribution in [2.45, 2.75) is 6.42 Å². The predicted molar refractivity (Wildman–Crippen MR) is 69.2 cm³/mol. The van der Waals surface area contributed by atoms with Crippen LogP contribution in [0, 0.1) is 0 Å². The standard InChI is InChI=1S/C9H8BrClN2OS/c10-5-1-2-6(11)7(3-5)13-9(14)4-8(12)15/h1-3H,4H2,(H2,12,15)(H,13,14). The minimum absolute atomic E-state index is 0.0121. The molecule has 0 saturated heterocycles. The van der Waals surface area contributed by atoms with Gasteiger partial charge in [0.15, 0.2) is 0 Å². The minimum Gasteiger partial charge on any atom is -0.393 e. The lowest BCUT2D eigenvalue weighted by Gasteiger charge is -2.06. The van der Waals surface area contributed by atoms with Crippen molar-refractivity contribution in [2.24, 2.45) is 5.73 Å². The van der Waals surface area contributed by atoms with Crippen LogP contribution in [0.4, 0.5) is 5.69 Å². The Bertz CT molecular complexity index is 411. The number of thiocarbonyl (C=S) groups is 1. The van der Waals surface area contributed by atoms with E-state index in [1.165, 1.54) is 0 Å². The molecule has 1 aromatic carbocycles. The number of nitrogens with one attached hydrogen (secondary N) is 1. The first-order chi connectivity index (χ1) is 6.99. The molecule has 1 amide bonds. The highest BCUT2D eigenvalue weighted by Crippen LogP contribution is 2.25. The van der Waals surface area contributed by atoms with Crippen molar-refractivity contribution in [3.05, 3.63) is 27.7 Å². The van der Waals surface area contributed by atoms with Crippen molar-refractivity contribution in [3.8, 4) is 0 Å². The molecule has 0 bridgehead atoms. The number of anilines is 1. The molecule has 0 atom stereocenters. The zero-order chi connectivity index (χ0) is 11.4. The van der Waals surface area contributed by atoms with Crippen molar-refractivity contribution in [2.75, 3.05) is 5.32 Å². The molecule has 1 rings (SSSR count). The maximum Gasteiger partial charge on any atom is 0.231 e. The molecule has 0 unspecified atom stereocenters. The summed E-state index contributed by atoms with van der Waals surface area (Å²) in [6.45, 7) is 0. The summed E-state index contributed by atoms with van der Waals surface area (Å²) in [7, 11) is 0. The van der Waals surface area contributed by atoms with Crippen LogP contribution in [0.1, 0.15) is 6.42 Å². The zero-order valence-corrected chi connectivity index (χ0v) is 10.7. The number of halogens is 2. The molecule has 6 heteroatoms. The molecule has 3 nitrogen and oxygen atoms in total. The Morgan fingerprint density at radius 1 is 1.60 bits per heavy atom. The van der Waals surface area contributed by atoms with Gasteiger partial charge in [0.2, 0.25) is 5.91 Å². The van der Waals surface area contributed by atoms with Gasteiger partial charge in [-0.15, -0.1) is 0 Å². The van der Waals surface area contributed by atoms with E-state index in [9.17, 15) is 4.79 Å². The van der Waals surface area contributed by atoms with Crippen molar-refractivity contribution >= 4 is 56.3 Å². The maximum atomic E-state index is 11.3. The lowest BCUT2D eigenvalue weighted by molar-refractivity contribution is -0.115. The van der Waals surface area contributed by atoms with Crippen molar-refractivity contribution in [1.29, 1.82) is 0 Å². The van der Waals surface area contributed by atoms with Gasteiger partial charge in [-0.1, -0.05) is 39.7 Å². The Morgan fingerprint density at radius 3 is 2.87 bits per heavy atom. The normalized spacial score (nSPS) is 9.73. The molecular weight excluding hydrogens is 300 g/mol. The van der Waals surface area contributed by atoms with Crippen LogP contribution in [0.3, 0.4) is 0 Å². The molecule has 0 saturated carbocycles. The first-order valence-electron chi connectivity index (χ1n) is 4.02. The molecule has 0 spiro atoms. The highest BCUT2D eigenvalue weighted by atomic mass is 79.9. The Labute approximate surface area is 106 Å². The van der Waals surface area contributed by atoms with Gasteiger partial charge in [0, 0.05) is 4.47 Å².